The van der Waals surface area contributed by atoms with Gasteiger partial charge in [-0.1, -0.05) is 24.3 Å². The molecule has 0 radical (unpaired) electrons. The van der Waals surface area contributed by atoms with E-state index in [-0.39, 0.29) is 5.91 Å². The van der Waals surface area contributed by atoms with Crippen LogP contribution in [0.1, 0.15) is 37.3 Å². The third kappa shape index (κ3) is 5.49. The summed E-state index contributed by atoms with van der Waals surface area (Å²) in [6.07, 6.45) is 5.18. The highest BCUT2D eigenvalue weighted by Crippen LogP contribution is 2.25. The van der Waals surface area contributed by atoms with Crippen molar-refractivity contribution in [1.82, 2.24) is 5.32 Å². The number of carbonyl (C=O) groups excluding carboxylic acids is 1. The van der Waals surface area contributed by atoms with Crippen molar-refractivity contribution >= 4 is 11.6 Å². The maximum absolute atomic E-state index is 12.3. The molecule has 4 heteroatoms. The van der Waals surface area contributed by atoms with Gasteiger partial charge in [-0.15, -0.1) is 0 Å². The monoisotopic (exact) mass is 366 g/mol. The fourth-order valence-corrected chi connectivity index (χ4v) is 3.52. The van der Waals surface area contributed by atoms with Crippen molar-refractivity contribution in [3.05, 3.63) is 59.7 Å². The smallest absolute Gasteiger partial charge is 0.260 e. The number of carbonyl (C=O) groups is 1. The lowest BCUT2D eigenvalue weighted by atomic mass is 9.92. The molecule has 0 fully saturated rings. The van der Waals surface area contributed by atoms with Crippen LogP contribution in [0.5, 0.6) is 5.75 Å². The van der Waals surface area contributed by atoms with Crippen LogP contribution < -0.4 is 15.0 Å². The number of amides is 1. The Bertz CT molecular complexity index is 745. The third-order valence-corrected chi connectivity index (χ3v) is 5.17. The highest BCUT2D eigenvalue weighted by Gasteiger charge is 2.16. The lowest BCUT2D eigenvalue weighted by Gasteiger charge is -2.20. The summed E-state index contributed by atoms with van der Waals surface area (Å²) in [7, 11) is 2.07. The molecule has 0 aliphatic heterocycles. The molecule has 1 amide bonds. The van der Waals surface area contributed by atoms with Crippen molar-refractivity contribution < 1.29 is 9.53 Å². The van der Waals surface area contributed by atoms with E-state index in [1.54, 1.807) is 0 Å². The zero-order valence-electron chi connectivity index (χ0n) is 16.4. The van der Waals surface area contributed by atoms with E-state index in [4.69, 9.17) is 4.74 Å². The molecule has 27 heavy (non-hydrogen) atoms. The molecular weight excluding hydrogens is 336 g/mol. The van der Waals surface area contributed by atoms with Gasteiger partial charge in [-0.3, -0.25) is 4.79 Å². The van der Waals surface area contributed by atoms with Gasteiger partial charge in [-0.25, -0.2) is 0 Å². The summed E-state index contributed by atoms with van der Waals surface area (Å²) in [5, 5.41) is 2.98. The first-order chi connectivity index (χ1) is 13.1. The topological polar surface area (TPSA) is 41.6 Å². The zero-order chi connectivity index (χ0) is 19.1. The maximum Gasteiger partial charge on any atom is 0.260 e. The van der Waals surface area contributed by atoms with E-state index in [9.17, 15) is 4.79 Å². The van der Waals surface area contributed by atoms with Crippen molar-refractivity contribution in [3.8, 4) is 5.75 Å². The fourth-order valence-electron chi connectivity index (χ4n) is 3.52. The molecule has 2 aromatic rings. The summed E-state index contributed by atoms with van der Waals surface area (Å²) in [6.45, 7) is 3.35. The van der Waals surface area contributed by atoms with Crippen LogP contribution in [0.25, 0.3) is 0 Å². The standard InChI is InChI=1S/C23H30N2O2/c1-18(27-22-14-13-19-9-6-7-10-20(19)17-22)23(26)24-15-8-16-25(2)21-11-4-3-5-12-21/h3-5,11-14,17-18H,6-10,15-16H2,1-2H3,(H,24,26). The number of anilines is 1. The molecule has 1 unspecified atom stereocenters. The van der Waals surface area contributed by atoms with Gasteiger partial charge in [0.15, 0.2) is 6.10 Å². The molecule has 3 rings (SSSR count). The molecule has 1 aliphatic rings. The molecule has 0 bridgehead atoms. The van der Waals surface area contributed by atoms with Gasteiger partial charge < -0.3 is 15.0 Å². The molecule has 0 heterocycles. The third-order valence-electron chi connectivity index (χ3n) is 5.17. The van der Waals surface area contributed by atoms with Crippen molar-refractivity contribution in [1.29, 1.82) is 0 Å². The van der Waals surface area contributed by atoms with Crippen LogP contribution in [0.3, 0.4) is 0 Å². The van der Waals surface area contributed by atoms with E-state index in [2.05, 4.69) is 41.5 Å². The van der Waals surface area contributed by atoms with Crippen LogP contribution in [-0.2, 0) is 17.6 Å². The Morgan fingerprint density at radius 1 is 1.11 bits per heavy atom. The van der Waals surface area contributed by atoms with Crippen LogP contribution >= 0.6 is 0 Å². The minimum Gasteiger partial charge on any atom is -0.481 e. The average molecular weight is 367 g/mol. The van der Waals surface area contributed by atoms with Crippen LogP contribution in [0, 0.1) is 0 Å². The molecule has 1 aliphatic carbocycles. The largest absolute Gasteiger partial charge is 0.481 e. The minimum absolute atomic E-state index is 0.0601. The number of hydrogen-bond donors (Lipinski definition) is 1. The molecule has 1 N–H and O–H groups in total. The highest BCUT2D eigenvalue weighted by molar-refractivity contribution is 5.80. The van der Waals surface area contributed by atoms with E-state index in [0.29, 0.717) is 6.54 Å². The number of fused-ring (bicyclic) bond motifs is 1. The van der Waals surface area contributed by atoms with Gasteiger partial charge in [0.05, 0.1) is 0 Å². The number of ether oxygens (including phenoxy) is 1. The Labute approximate surface area is 162 Å². The quantitative estimate of drug-likeness (QED) is 0.719. The Morgan fingerprint density at radius 2 is 1.85 bits per heavy atom. The SMILES string of the molecule is CC(Oc1ccc2c(c1)CCCC2)C(=O)NCCCN(C)c1ccccc1. The highest BCUT2D eigenvalue weighted by atomic mass is 16.5. The van der Waals surface area contributed by atoms with Gasteiger partial charge in [0.2, 0.25) is 0 Å². The first kappa shape index (κ1) is 19.3. The lowest BCUT2D eigenvalue weighted by Crippen LogP contribution is -2.37. The van der Waals surface area contributed by atoms with Crippen molar-refractivity contribution in [2.75, 3.05) is 25.0 Å². The number of rotatable bonds is 8. The average Bonchev–Trinajstić information content (AvgIpc) is 2.71. The van der Waals surface area contributed by atoms with E-state index < -0.39 is 6.10 Å². The Hall–Kier alpha value is -2.49. The van der Waals surface area contributed by atoms with Gasteiger partial charge in [-0.05, 0) is 74.4 Å². The molecule has 0 saturated heterocycles. The number of para-hydroxylation sites is 1. The summed E-state index contributed by atoms with van der Waals surface area (Å²) >= 11 is 0. The second-order valence-electron chi connectivity index (χ2n) is 7.30. The molecule has 0 saturated carbocycles. The van der Waals surface area contributed by atoms with Crippen LogP contribution in [0.15, 0.2) is 48.5 Å². The predicted molar refractivity (Wildman–Crippen MR) is 111 cm³/mol. The summed E-state index contributed by atoms with van der Waals surface area (Å²) in [5.41, 5.74) is 3.98. The Kier molecular flexibility index (Phi) is 6.74. The van der Waals surface area contributed by atoms with Crippen LogP contribution in [0.2, 0.25) is 0 Å². The number of nitrogens with one attached hydrogen (secondary N) is 1. The second-order valence-corrected chi connectivity index (χ2v) is 7.30. The fraction of sp³-hybridized carbons (Fsp3) is 0.435. The summed E-state index contributed by atoms with van der Waals surface area (Å²) < 4.78 is 5.87. The van der Waals surface area contributed by atoms with Gasteiger partial charge in [0.25, 0.3) is 5.91 Å². The summed E-state index contributed by atoms with van der Waals surface area (Å²) in [5.74, 6) is 0.734. The first-order valence-electron chi connectivity index (χ1n) is 9.96. The van der Waals surface area contributed by atoms with E-state index >= 15 is 0 Å². The van der Waals surface area contributed by atoms with Gasteiger partial charge in [-0.2, -0.15) is 0 Å². The Morgan fingerprint density at radius 3 is 2.63 bits per heavy atom. The minimum atomic E-state index is -0.488. The van der Waals surface area contributed by atoms with Crippen molar-refractivity contribution in [2.45, 2.75) is 45.1 Å². The van der Waals surface area contributed by atoms with Gasteiger partial charge in [0, 0.05) is 25.8 Å². The molecule has 0 spiro atoms. The normalized spacial score (nSPS) is 14.1. The van der Waals surface area contributed by atoms with Crippen molar-refractivity contribution in [3.63, 3.8) is 0 Å². The number of aryl methyl sites for hydroxylation is 2. The Balaban J connectivity index is 1.40. The van der Waals surface area contributed by atoms with Crippen LogP contribution in [0.4, 0.5) is 5.69 Å². The van der Waals surface area contributed by atoms with Crippen molar-refractivity contribution in [2.24, 2.45) is 0 Å². The second kappa shape index (κ2) is 9.45. The molecule has 2 aromatic carbocycles. The molecule has 1 atom stereocenters. The van der Waals surface area contributed by atoms with E-state index in [1.807, 2.05) is 31.2 Å². The zero-order valence-corrected chi connectivity index (χ0v) is 16.4. The maximum atomic E-state index is 12.3. The number of benzene rings is 2. The van der Waals surface area contributed by atoms with Crippen LogP contribution in [-0.4, -0.2) is 32.1 Å². The van der Waals surface area contributed by atoms with E-state index in [1.165, 1.54) is 29.7 Å². The molecule has 4 nitrogen and oxygen atoms in total. The molecular formula is C23H30N2O2. The first-order valence-corrected chi connectivity index (χ1v) is 9.96. The van der Waals surface area contributed by atoms with Gasteiger partial charge >= 0.3 is 0 Å². The molecule has 144 valence electrons. The predicted octanol–water partition coefficient (Wildman–Crippen LogP) is 3.98. The molecule has 0 aromatic heterocycles. The number of nitrogens with zero attached hydrogens (tertiary/aromatic N) is 1. The lowest BCUT2D eigenvalue weighted by molar-refractivity contribution is -0.127. The summed E-state index contributed by atoms with van der Waals surface area (Å²) in [6, 6.07) is 16.5. The summed E-state index contributed by atoms with van der Waals surface area (Å²) in [4.78, 5) is 14.5. The number of hydrogen-bond acceptors (Lipinski definition) is 3. The van der Waals surface area contributed by atoms with E-state index in [0.717, 1.165) is 31.6 Å². The van der Waals surface area contributed by atoms with Gasteiger partial charge in [0.1, 0.15) is 5.75 Å².